The van der Waals surface area contributed by atoms with Gasteiger partial charge in [0.05, 0.1) is 11.3 Å². The minimum absolute atomic E-state index is 0.105. The number of anilines is 1. The van der Waals surface area contributed by atoms with E-state index in [2.05, 4.69) is 15.8 Å². The number of carbonyl (C=O) groups is 2. The molecule has 6 nitrogen and oxygen atoms in total. The molecule has 0 spiro atoms. The van der Waals surface area contributed by atoms with Crippen molar-refractivity contribution >= 4 is 28.2 Å². The topological polar surface area (TPSA) is 84.2 Å². The zero-order chi connectivity index (χ0) is 18.8. The Labute approximate surface area is 157 Å². The molecule has 2 amide bonds. The van der Waals surface area contributed by atoms with Gasteiger partial charge in [-0.1, -0.05) is 24.9 Å². The second-order valence-corrected chi connectivity index (χ2v) is 8.04. The van der Waals surface area contributed by atoms with Crippen LogP contribution >= 0.6 is 11.3 Å². The van der Waals surface area contributed by atoms with Crippen LogP contribution in [0.1, 0.15) is 75.2 Å². The van der Waals surface area contributed by atoms with Crippen LogP contribution in [0, 0.1) is 20.8 Å². The lowest BCUT2D eigenvalue weighted by atomic mass is 10.1. The van der Waals surface area contributed by atoms with Gasteiger partial charge in [-0.05, 0) is 45.6 Å². The van der Waals surface area contributed by atoms with E-state index in [1.165, 1.54) is 11.3 Å². The Bertz CT molecular complexity index is 831. The fraction of sp³-hybridized carbons (Fsp3) is 0.526. The molecule has 1 fully saturated rings. The molecule has 2 heterocycles. The second kappa shape index (κ2) is 7.61. The quantitative estimate of drug-likeness (QED) is 0.822. The maximum absolute atomic E-state index is 12.8. The molecule has 3 rings (SSSR count). The summed E-state index contributed by atoms with van der Waals surface area (Å²) in [6.07, 6.45) is 4.97. The summed E-state index contributed by atoms with van der Waals surface area (Å²) in [6.45, 7) is 7.53. The Morgan fingerprint density at radius 3 is 2.50 bits per heavy atom. The molecule has 0 radical (unpaired) electrons. The number of amides is 2. The monoisotopic (exact) mass is 375 g/mol. The van der Waals surface area contributed by atoms with Crippen molar-refractivity contribution in [1.29, 1.82) is 0 Å². The molecule has 0 unspecified atom stereocenters. The van der Waals surface area contributed by atoms with Gasteiger partial charge in [-0.2, -0.15) is 0 Å². The van der Waals surface area contributed by atoms with Crippen molar-refractivity contribution in [2.75, 3.05) is 5.32 Å². The molecule has 26 heavy (non-hydrogen) atoms. The van der Waals surface area contributed by atoms with Crippen molar-refractivity contribution in [2.45, 2.75) is 65.8 Å². The van der Waals surface area contributed by atoms with Gasteiger partial charge in [-0.3, -0.25) is 9.59 Å². The minimum atomic E-state index is -0.281. The number of hydrogen-bond acceptors (Lipinski definition) is 5. The first kappa shape index (κ1) is 18.6. The molecule has 0 aliphatic heterocycles. The second-order valence-electron chi connectivity index (χ2n) is 6.81. The molecule has 7 heteroatoms. The van der Waals surface area contributed by atoms with E-state index in [0.717, 1.165) is 36.1 Å². The molecule has 140 valence electrons. The first-order chi connectivity index (χ1) is 12.4. The van der Waals surface area contributed by atoms with Gasteiger partial charge in [0.25, 0.3) is 11.8 Å². The van der Waals surface area contributed by atoms with Crippen LogP contribution in [-0.4, -0.2) is 23.0 Å². The van der Waals surface area contributed by atoms with Gasteiger partial charge in [0, 0.05) is 10.9 Å². The largest absolute Gasteiger partial charge is 0.361 e. The number of aryl methyl sites for hydroxylation is 3. The van der Waals surface area contributed by atoms with Gasteiger partial charge in [0.15, 0.2) is 0 Å². The summed E-state index contributed by atoms with van der Waals surface area (Å²) in [4.78, 5) is 26.6. The predicted molar refractivity (Wildman–Crippen MR) is 102 cm³/mol. The maximum Gasteiger partial charge on any atom is 0.261 e. The highest BCUT2D eigenvalue weighted by molar-refractivity contribution is 7.16. The van der Waals surface area contributed by atoms with Gasteiger partial charge < -0.3 is 15.2 Å². The van der Waals surface area contributed by atoms with Crippen molar-refractivity contribution in [2.24, 2.45) is 0 Å². The average Bonchev–Trinajstić information content (AvgIpc) is 3.29. The maximum atomic E-state index is 12.8. The first-order valence-corrected chi connectivity index (χ1v) is 9.91. The summed E-state index contributed by atoms with van der Waals surface area (Å²) in [5, 5.41) is 10.6. The Balaban J connectivity index is 1.85. The fourth-order valence-corrected chi connectivity index (χ4v) is 4.48. The summed E-state index contributed by atoms with van der Waals surface area (Å²) >= 11 is 1.43. The highest BCUT2D eigenvalue weighted by atomic mass is 32.1. The van der Waals surface area contributed by atoms with Crippen LogP contribution in [0.25, 0.3) is 0 Å². The molecular weight excluding hydrogens is 350 g/mol. The van der Waals surface area contributed by atoms with E-state index in [9.17, 15) is 9.59 Å². The Kier molecular flexibility index (Phi) is 5.46. The van der Waals surface area contributed by atoms with Gasteiger partial charge in [-0.15, -0.1) is 11.3 Å². The van der Waals surface area contributed by atoms with Crippen LogP contribution in [0.15, 0.2) is 4.52 Å². The van der Waals surface area contributed by atoms with Crippen LogP contribution in [0.2, 0.25) is 0 Å². The van der Waals surface area contributed by atoms with Gasteiger partial charge in [-0.25, -0.2) is 0 Å². The summed E-state index contributed by atoms with van der Waals surface area (Å²) < 4.78 is 5.15. The Morgan fingerprint density at radius 1 is 1.15 bits per heavy atom. The number of carbonyl (C=O) groups excluding carboxylic acids is 2. The molecular formula is C19H25N3O3S. The smallest absolute Gasteiger partial charge is 0.261 e. The lowest BCUT2D eigenvalue weighted by molar-refractivity contribution is 0.0938. The summed E-state index contributed by atoms with van der Waals surface area (Å²) in [7, 11) is 0. The average molecular weight is 375 g/mol. The Hall–Kier alpha value is -2.15. The molecule has 1 saturated carbocycles. The van der Waals surface area contributed by atoms with Crippen LogP contribution < -0.4 is 10.6 Å². The lowest BCUT2D eigenvalue weighted by Crippen LogP contribution is -2.33. The fourth-order valence-electron chi connectivity index (χ4n) is 3.43. The van der Waals surface area contributed by atoms with Crippen LogP contribution in [0.4, 0.5) is 5.00 Å². The van der Waals surface area contributed by atoms with E-state index in [4.69, 9.17) is 4.52 Å². The van der Waals surface area contributed by atoms with Crippen LogP contribution in [0.5, 0.6) is 0 Å². The molecule has 1 aliphatic rings. The molecule has 0 bridgehead atoms. The van der Waals surface area contributed by atoms with Crippen LogP contribution in [0.3, 0.4) is 0 Å². The Morgan fingerprint density at radius 2 is 1.85 bits per heavy atom. The zero-order valence-electron chi connectivity index (χ0n) is 15.7. The number of thiophene rings is 1. The summed E-state index contributed by atoms with van der Waals surface area (Å²) in [5.41, 5.74) is 2.57. The number of nitrogens with zero attached hydrogens (tertiary/aromatic N) is 1. The van der Waals surface area contributed by atoms with E-state index in [1.807, 2.05) is 20.8 Å². The molecule has 2 aromatic heterocycles. The molecule has 0 saturated heterocycles. The third-order valence-electron chi connectivity index (χ3n) is 5.03. The van der Waals surface area contributed by atoms with E-state index in [1.54, 1.807) is 6.92 Å². The number of aromatic nitrogens is 1. The van der Waals surface area contributed by atoms with Gasteiger partial charge in [0.2, 0.25) is 0 Å². The highest BCUT2D eigenvalue weighted by Gasteiger charge is 2.26. The van der Waals surface area contributed by atoms with Crippen molar-refractivity contribution < 1.29 is 14.1 Å². The van der Waals surface area contributed by atoms with E-state index < -0.39 is 0 Å². The molecule has 1 aliphatic carbocycles. The highest BCUT2D eigenvalue weighted by Crippen LogP contribution is 2.33. The third-order valence-corrected chi connectivity index (χ3v) is 6.15. The molecule has 2 aromatic rings. The number of nitrogens with one attached hydrogen (secondary N) is 2. The van der Waals surface area contributed by atoms with Gasteiger partial charge >= 0.3 is 0 Å². The summed E-state index contributed by atoms with van der Waals surface area (Å²) in [5.74, 6) is 0.102. The van der Waals surface area contributed by atoms with Gasteiger partial charge in [0.1, 0.15) is 16.3 Å². The van der Waals surface area contributed by atoms with Crippen molar-refractivity contribution in [3.63, 3.8) is 0 Å². The molecule has 0 aromatic carbocycles. The number of rotatable bonds is 5. The minimum Gasteiger partial charge on any atom is -0.361 e. The SMILES string of the molecule is CCc1noc(C)c1C(=O)Nc1sc(C)c(C)c1C(=O)NC1CCCC1. The third kappa shape index (κ3) is 3.53. The molecule has 0 atom stereocenters. The summed E-state index contributed by atoms with van der Waals surface area (Å²) in [6, 6.07) is 0.234. The van der Waals surface area contributed by atoms with E-state index in [-0.39, 0.29) is 17.9 Å². The van der Waals surface area contributed by atoms with Crippen molar-refractivity contribution in [3.8, 4) is 0 Å². The normalized spacial score (nSPS) is 14.6. The van der Waals surface area contributed by atoms with E-state index in [0.29, 0.717) is 34.0 Å². The first-order valence-electron chi connectivity index (χ1n) is 9.09. The number of hydrogen-bond donors (Lipinski definition) is 2. The lowest BCUT2D eigenvalue weighted by Gasteiger charge is -2.13. The van der Waals surface area contributed by atoms with Crippen molar-refractivity contribution in [3.05, 3.63) is 33.0 Å². The van der Waals surface area contributed by atoms with E-state index >= 15 is 0 Å². The standard InChI is InChI=1S/C19H25N3O3S/c1-5-14-16(11(3)25-22-14)18(24)21-19-15(10(2)12(4)26-19)17(23)20-13-8-6-7-9-13/h13H,5-9H2,1-4H3,(H,20,23)(H,21,24). The molecule has 2 N–H and O–H groups in total. The van der Waals surface area contributed by atoms with Crippen LogP contribution in [-0.2, 0) is 6.42 Å². The van der Waals surface area contributed by atoms with Crippen molar-refractivity contribution in [1.82, 2.24) is 10.5 Å². The zero-order valence-corrected chi connectivity index (χ0v) is 16.5. The predicted octanol–water partition coefficient (Wildman–Crippen LogP) is 4.15.